The normalized spacial score (nSPS) is 14.0. The largest absolute Gasteiger partial charge is 0.487 e. The number of hydrogen-bond acceptors (Lipinski definition) is 6. The zero-order valence-corrected chi connectivity index (χ0v) is 17.9. The minimum atomic E-state index is -0.256. The predicted octanol–water partition coefficient (Wildman–Crippen LogP) is 3.58. The molecule has 1 aliphatic rings. The highest BCUT2D eigenvalue weighted by molar-refractivity contribution is 6.03. The van der Waals surface area contributed by atoms with Gasteiger partial charge in [-0.15, -0.1) is 5.10 Å². The van der Waals surface area contributed by atoms with E-state index < -0.39 is 0 Å². The summed E-state index contributed by atoms with van der Waals surface area (Å²) in [5.41, 5.74) is 3.41. The van der Waals surface area contributed by atoms with Crippen molar-refractivity contribution >= 4 is 23.5 Å². The SMILES string of the molecule is Cc1ccc2nc(COc3ccc(C(=O)Nc4nc(N5CCCCC5)n[nH]4)cc3)cn2c1. The van der Waals surface area contributed by atoms with Crippen molar-refractivity contribution in [3.05, 3.63) is 65.6 Å². The molecule has 1 aromatic carbocycles. The van der Waals surface area contributed by atoms with Crippen LogP contribution in [0.3, 0.4) is 0 Å². The number of aromatic nitrogens is 5. The number of amides is 1. The Hall–Kier alpha value is -3.88. The zero-order valence-electron chi connectivity index (χ0n) is 17.9. The van der Waals surface area contributed by atoms with Gasteiger partial charge in [0.2, 0.25) is 11.9 Å². The molecule has 4 heterocycles. The molecule has 0 radical (unpaired) electrons. The molecule has 1 amide bonds. The number of aromatic amines is 1. The molecule has 2 N–H and O–H groups in total. The highest BCUT2D eigenvalue weighted by Crippen LogP contribution is 2.18. The van der Waals surface area contributed by atoms with Gasteiger partial charge in [0, 0.05) is 31.0 Å². The van der Waals surface area contributed by atoms with Gasteiger partial charge in [-0.1, -0.05) is 6.07 Å². The van der Waals surface area contributed by atoms with Crippen LogP contribution in [-0.4, -0.2) is 43.6 Å². The van der Waals surface area contributed by atoms with Crippen molar-refractivity contribution in [2.75, 3.05) is 23.3 Å². The molecule has 5 rings (SSSR count). The average Bonchev–Trinajstić information content (AvgIpc) is 3.45. The minimum Gasteiger partial charge on any atom is -0.487 e. The number of fused-ring (bicyclic) bond motifs is 1. The Morgan fingerprint density at radius 1 is 1.06 bits per heavy atom. The van der Waals surface area contributed by atoms with E-state index in [0.717, 1.165) is 37.3 Å². The highest BCUT2D eigenvalue weighted by Gasteiger charge is 2.16. The van der Waals surface area contributed by atoms with Crippen LogP contribution < -0.4 is 15.0 Å². The number of carbonyl (C=O) groups is 1. The van der Waals surface area contributed by atoms with Crippen LogP contribution in [0, 0.1) is 6.92 Å². The Kier molecular flexibility index (Phi) is 5.45. The monoisotopic (exact) mass is 431 g/mol. The highest BCUT2D eigenvalue weighted by atomic mass is 16.5. The molecule has 1 saturated heterocycles. The number of nitrogens with zero attached hydrogens (tertiary/aromatic N) is 5. The Bertz CT molecular complexity index is 1220. The fourth-order valence-corrected chi connectivity index (χ4v) is 3.81. The molecule has 164 valence electrons. The molecule has 0 saturated carbocycles. The van der Waals surface area contributed by atoms with Gasteiger partial charge < -0.3 is 14.0 Å². The van der Waals surface area contributed by atoms with Crippen molar-refractivity contribution in [2.24, 2.45) is 0 Å². The molecule has 0 atom stereocenters. The third-order valence-electron chi connectivity index (χ3n) is 5.50. The molecule has 32 heavy (non-hydrogen) atoms. The van der Waals surface area contributed by atoms with Crippen molar-refractivity contribution in [1.82, 2.24) is 24.6 Å². The maximum absolute atomic E-state index is 12.6. The number of H-pyrrole nitrogens is 1. The Balaban J connectivity index is 1.17. The molecule has 0 spiro atoms. The maximum Gasteiger partial charge on any atom is 0.258 e. The van der Waals surface area contributed by atoms with Gasteiger partial charge in [-0.05, 0) is 62.1 Å². The third-order valence-corrected chi connectivity index (χ3v) is 5.50. The molecule has 0 aliphatic carbocycles. The summed E-state index contributed by atoms with van der Waals surface area (Å²) in [6.07, 6.45) is 7.51. The summed E-state index contributed by atoms with van der Waals surface area (Å²) in [7, 11) is 0. The second-order valence-electron chi connectivity index (χ2n) is 8.00. The number of nitrogens with one attached hydrogen (secondary N) is 2. The zero-order chi connectivity index (χ0) is 21.9. The van der Waals surface area contributed by atoms with E-state index in [1.165, 1.54) is 12.0 Å². The number of imidazole rings is 1. The Morgan fingerprint density at radius 3 is 2.69 bits per heavy atom. The number of hydrogen-bond donors (Lipinski definition) is 2. The van der Waals surface area contributed by atoms with Gasteiger partial charge in [0.05, 0.1) is 5.69 Å². The summed E-state index contributed by atoms with van der Waals surface area (Å²) >= 11 is 0. The van der Waals surface area contributed by atoms with Gasteiger partial charge in [-0.25, -0.2) is 10.1 Å². The van der Waals surface area contributed by atoms with Crippen LogP contribution in [0.1, 0.15) is 40.9 Å². The van der Waals surface area contributed by atoms with E-state index in [2.05, 4.69) is 30.4 Å². The average molecular weight is 432 g/mol. The van der Waals surface area contributed by atoms with Gasteiger partial charge in [0.15, 0.2) is 0 Å². The molecule has 4 aromatic rings. The number of aryl methyl sites for hydroxylation is 1. The fraction of sp³-hybridized carbons (Fsp3) is 0.304. The first-order valence-electron chi connectivity index (χ1n) is 10.8. The topological polar surface area (TPSA) is 100 Å². The molecular formula is C23H25N7O2. The smallest absolute Gasteiger partial charge is 0.258 e. The van der Waals surface area contributed by atoms with Crippen LogP contribution in [0.5, 0.6) is 5.75 Å². The standard InChI is InChI=1S/C23H25N7O2/c1-16-5-10-20-24-18(14-30(20)13-16)15-32-19-8-6-17(7-9-19)21(31)25-22-26-23(28-27-22)29-11-3-2-4-12-29/h5-10,13-14H,2-4,11-12,15H2,1H3,(H2,25,26,27,28,31). The van der Waals surface area contributed by atoms with E-state index in [1.54, 1.807) is 24.3 Å². The van der Waals surface area contributed by atoms with Crippen molar-refractivity contribution in [3.63, 3.8) is 0 Å². The molecule has 3 aromatic heterocycles. The van der Waals surface area contributed by atoms with Gasteiger partial charge in [0.25, 0.3) is 5.91 Å². The fourth-order valence-electron chi connectivity index (χ4n) is 3.81. The van der Waals surface area contributed by atoms with E-state index in [1.807, 2.05) is 35.9 Å². The van der Waals surface area contributed by atoms with Gasteiger partial charge in [0.1, 0.15) is 18.0 Å². The Morgan fingerprint density at radius 2 is 1.88 bits per heavy atom. The second-order valence-corrected chi connectivity index (χ2v) is 8.00. The predicted molar refractivity (Wildman–Crippen MR) is 121 cm³/mol. The van der Waals surface area contributed by atoms with E-state index in [0.29, 0.717) is 29.8 Å². The van der Waals surface area contributed by atoms with Crippen LogP contribution >= 0.6 is 0 Å². The molecule has 9 nitrogen and oxygen atoms in total. The first-order chi connectivity index (χ1) is 15.6. The van der Waals surface area contributed by atoms with Crippen LogP contribution in [0.2, 0.25) is 0 Å². The lowest BCUT2D eigenvalue weighted by Gasteiger charge is -2.24. The Labute approximate surface area is 185 Å². The molecule has 9 heteroatoms. The van der Waals surface area contributed by atoms with Crippen LogP contribution in [0.4, 0.5) is 11.9 Å². The molecule has 1 aliphatic heterocycles. The summed E-state index contributed by atoms with van der Waals surface area (Å²) in [4.78, 5) is 23.6. The number of ether oxygens (including phenoxy) is 1. The van der Waals surface area contributed by atoms with Gasteiger partial charge in [-0.3, -0.25) is 10.1 Å². The van der Waals surface area contributed by atoms with E-state index in [4.69, 9.17) is 4.74 Å². The van der Waals surface area contributed by atoms with Gasteiger partial charge in [-0.2, -0.15) is 4.98 Å². The van der Waals surface area contributed by atoms with Crippen LogP contribution in [-0.2, 0) is 6.61 Å². The lowest BCUT2D eigenvalue weighted by Crippen LogP contribution is -2.30. The minimum absolute atomic E-state index is 0.256. The molecule has 0 unspecified atom stereocenters. The van der Waals surface area contributed by atoms with Gasteiger partial charge >= 0.3 is 0 Å². The summed E-state index contributed by atoms with van der Waals surface area (Å²) in [6.45, 7) is 4.29. The molecule has 1 fully saturated rings. The first-order valence-corrected chi connectivity index (χ1v) is 10.8. The summed E-state index contributed by atoms with van der Waals surface area (Å²) in [5, 5.41) is 9.79. The van der Waals surface area contributed by atoms with Crippen molar-refractivity contribution in [2.45, 2.75) is 32.8 Å². The number of pyridine rings is 1. The van der Waals surface area contributed by atoms with Crippen molar-refractivity contribution in [1.29, 1.82) is 0 Å². The molecular weight excluding hydrogens is 406 g/mol. The third kappa shape index (κ3) is 4.41. The number of anilines is 2. The van der Waals surface area contributed by atoms with E-state index in [9.17, 15) is 4.79 Å². The second kappa shape index (κ2) is 8.70. The lowest BCUT2D eigenvalue weighted by atomic mass is 10.1. The molecule has 0 bridgehead atoms. The lowest BCUT2D eigenvalue weighted by molar-refractivity contribution is 0.102. The van der Waals surface area contributed by atoms with E-state index in [-0.39, 0.29) is 5.91 Å². The summed E-state index contributed by atoms with van der Waals surface area (Å²) in [5.74, 6) is 1.39. The maximum atomic E-state index is 12.6. The summed E-state index contributed by atoms with van der Waals surface area (Å²) in [6, 6.07) is 11.0. The number of rotatable bonds is 6. The number of benzene rings is 1. The summed E-state index contributed by atoms with van der Waals surface area (Å²) < 4.78 is 7.82. The number of piperidine rings is 1. The van der Waals surface area contributed by atoms with Crippen molar-refractivity contribution in [3.8, 4) is 5.75 Å². The quantitative estimate of drug-likeness (QED) is 0.484. The first kappa shape index (κ1) is 20.0. The van der Waals surface area contributed by atoms with E-state index >= 15 is 0 Å². The van der Waals surface area contributed by atoms with Crippen LogP contribution in [0.15, 0.2) is 48.8 Å². The van der Waals surface area contributed by atoms with Crippen LogP contribution in [0.25, 0.3) is 5.65 Å². The number of carbonyl (C=O) groups excluding carboxylic acids is 1. The van der Waals surface area contributed by atoms with Crippen molar-refractivity contribution < 1.29 is 9.53 Å².